The maximum Gasteiger partial charge on any atom is 0.253 e. The fourth-order valence-electron chi connectivity index (χ4n) is 2.77. The van der Waals surface area contributed by atoms with E-state index in [-0.39, 0.29) is 5.91 Å². The van der Waals surface area contributed by atoms with Gasteiger partial charge < -0.3 is 9.64 Å². The smallest absolute Gasteiger partial charge is 0.253 e. The molecule has 0 aliphatic rings. The van der Waals surface area contributed by atoms with Crippen LogP contribution in [0.25, 0.3) is 0 Å². The number of benzene rings is 2. The van der Waals surface area contributed by atoms with Crippen LogP contribution < -0.4 is 4.74 Å². The second-order valence-electron chi connectivity index (χ2n) is 6.53. The zero-order chi connectivity index (χ0) is 19.4. The molecular formula is C21H22ClN3O2. The Morgan fingerprint density at radius 1 is 1.22 bits per heavy atom. The van der Waals surface area contributed by atoms with E-state index >= 15 is 0 Å². The summed E-state index contributed by atoms with van der Waals surface area (Å²) in [7, 11) is 3.65. The molecule has 0 saturated heterocycles. The molecular weight excluding hydrogens is 362 g/mol. The van der Waals surface area contributed by atoms with Crippen molar-refractivity contribution in [1.29, 1.82) is 0 Å². The van der Waals surface area contributed by atoms with E-state index in [4.69, 9.17) is 16.3 Å². The zero-order valence-electron chi connectivity index (χ0n) is 15.6. The van der Waals surface area contributed by atoms with Crippen LogP contribution in [0.2, 0.25) is 5.02 Å². The third-order valence-electron chi connectivity index (χ3n) is 4.32. The number of aryl methyl sites for hydroxylation is 2. The van der Waals surface area contributed by atoms with Crippen molar-refractivity contribution in [2.24, 2.45) is 7.05 Å². The van der Waals surface area contributed by atoms with Crippen LogP contribution in [0, 0.1) is 6.92 Å². The quantitative estimate of drug-likeness (QED) is 0.639. The fraction of sp³-hybridized carbons (Fsp3) is 0.238. The average molecular weight is 384 g/mol. The van der Waals surface area contributed by atoms with E-state index in [0.29, 0.717) is 29.5 Å². The first kappa shape index (κ1) is 19.0. The van der Waals surface area contributed by atoms with Gasteiger partial charge in [0.2, 0.25) is 0 Å². The van der Waals surface area contributed by atoms with Crippen LogP contribution in [0.15, 0.2) is 54.7 Å². The number of halogens is 1. The minimum absolute atomic E-state index is 0.0494. The van der Waals surface area contributed by atoms with Crippen LogP contribution in [0.1, 0.15) is 27.2 Å². The van der Waals surface area contributed by atoms with E-state index in [9.17, 15) is 4.79 Å². The van der Waals surface area contributed by atoms with Gasteiger partial charge >= 0.3 is 0 Å². The zero-order valence-corrected chi connectivity index (χ0v) is 16.4. The maximum absolute atomic E-state index is 12.7. The molecule has 27 heavy (non-hydrogen) atoms. The standard InChI is InChI=1S/C21H22ClN3O2/c1-15-7-8-19(22)20(11-15)27-14-16-5-4-6-17(12-16)21(26)24(2)13-18-9-10-23-25(18)3/h4-12H,13-14H2,1-3H3. The molecule has 0 saturated carbocycles. The molecule has 6 heteroatoms. The second kappa shape index (κ2) is 8.27. The van der Waals surface area contributed by atoms with E-state index in [0.717, 1.165) is 16.8 Å². The summed E-state index contributed by atoms with van der Waals surface area (Å²) >= 11 is 6.17. The number of rotatable bonds is 6. The van der Waals surface area contributed by atoms with E-state index < -0.39 is 0 Å². The van der Waals surface area contributed by atoms with Crippen molar-refractivity contribution in [1.82, 2.24) is 14.7 Å². The molecule has 0 fully saturated rings. The van der Waals surface area contributed by atoms with Crippen molar-refractivity contribution in [2.75, 3.05) is 7.05 Å². The molecule has 140 valence electrons. The molecule has 1 heterocycles. The maximum atomic E-state index is 12.7. The lowest BCUT2D eigenvalue weighted by Gasteiger charge is -2.18. The summed E-state index contributed by atoms with van der Waals surface area (Å²) < 4.78 is 7.59. The van der Waals surface area contributed by atoms with E-state index in [1.165, 1.54) is 0 Å². The molecule has 0 N–H and O–H groups in total. The van der Waals surface area contributed by atoms with Crippen molar-refractivity contribution >= 4 is 17.5 Å². The van der Waals surface area contributed by atoms with Gasteiger partial charge in [0, 0.05) is 25.9 Å². The Morgan fingerprint density at radius 2 is 2.04 bits per heavy atom. The van der Waals surface area contributed by atoms with Crippen molar-refractivity contribution in [3.05, 3.63) is 82.1 Å². The number of hydrogen-bond donors (Lipinski definition) is 0. The summed E-state index contributed by atoms with van der Waals surface area (Å²) in [5.74, 6) is 0.591. The first-order chi connectivity index (χ1) is 12.9. The van der Waals surface area contributed by atoms with Gasteiger partial charge in [0.05, 0.1) is 17.3 Å². The van der Waals surface area contributed by atoms with Gasteiger partial charge in [0.15, 0.2) is 0 Å². The minimum atomic E-state index is -0.0494. The van der Waals surface area contributed by atoms with Crippen molar-refractivity contribution in [3.8, 4) is 5.75 Å². The number of ether oxygens (including phenoxy) is 1. The Kier molecular flexibility index (Phi) is 5.81. The summed E-state index contributed by atoms with van der Waals surface area (Å²) in [5, 5.41) is 4.71. The van der Waals surface area contributed by atoms with Crippen LogP contribution in [0.4, 0.5) is 0 Å². The fourth-order valence-corrected chi connectivity index (χ4v) is 2.94. The van der Waals surface area contributed by atoms with E-state index in [2.05, 4.69) is 5.10 Å². The topological polar surface area (TPSA) is 47.4 Å². The summed E-state index contributed by atoms with van der Waals surface area (Å²) in [6.07, 6.45) is 1.72. The third-order valence-corrected chi connectivity index (χ3v) is 4.64. The lowest BCUT2D eigenvalue weighted by atomic mass is 10.1. The first-order valence-corrected chi connectivity index (χ1v) is 9.02. The van der Waals surface area contributed by atoms with Crippen molar-refractivity contribution < 1.29 is 9.53 Å². The number of hydrogen-bond acceptors (Lipinski definition) is 3. The van der Waals surface area contributed by atoms with Crippen LogP contribution in [0.3, 0.4) is 0 Å². The average Bonchev–Trinajstić information content (AvgIpc) is 3.06. The van der Waals surface area contributed by atoms with Gasteiger partial charge in [-0.3, -0.25) is 9.48 Å². The summed E-state index contributed by atoms with van der Waals surface area (Å²) in [6.45, 7) is 2.82. The van der Waals surface area contributed by atoms with Gasteiger partial charge in [-0.2, -0.15) is 5.10 Å². The Morgan fingerprint density at radius 3 is 2.78 bits per heavy atom. The lowest BCUT2D eigenvalue weighted by Crippen LogP contribution is -2.27. The second-order valence-corrected chi connectivity index (χ2v) is 6.94. The summed E-state index contributed by atoms with van der Waals surface area (Å²) in [5.41, 5.74) is 3.58. The summed E-state index contributed by atoms with van der Waals surface area (Å²) in [6, 6.07) is 15.0. The first-order valence-electron chi connectivity index (χ1n) is 8.64. The molecule has 0 aliphatic heterocycles. The number of amides is 1. The number of carbonyl (C=O) groups is 1. The molecule has 0 spiro atoms. The lowest BCUT2D eigenvalue weighted by molar-refractivity contribution is 0.0782. The third kappa shape index (κ3) is 4.68. The van der Waals surface area contributed by atoms with Crippen LogP contribution in [-0.2, 0) is 20.2 Å². The molecule has 0 aliphatic carbocycles. The van der Waals surface area contributed by atoms with Gasteiger partial charge in [0.25, 0.3) is 5.91 Å². The Hall–Kier alpha value is -2.79. The predicted molar refractivity (Wildman–Crippen MR) is 106 cm³/mol. The molecule has 3 rings (SSSR count). The Labute approximate surface area is 164 Å². The SMILES string of the molecule is Cc1ccc(Cl)c(OCc2cccc(C(=O)N(C)Cc3ccnn3C)c2)c1. The van der Waals surface area contributed by atoms with Crippen molar-refractivity contribution in [3.63, 3.8) is 0 Å². The van der Waals surface area contributed by atoms with Gasteiger partial charge in [-0.1, -0.05) is 29.8 Å². The number of nitrogens with zero attached hydrogens (tertiary/aromatic N) is 3. The van der Waals surface area contributed by atoms with Crippen LogP contribution >= 0.6 is 11.6 Å². The number of carbonyl (C=O) groups excluding carboxylic acids is 1. The highest BCUT2D eigenvalue weighted by atomic mass is 35.5. The Balaban J connectivity index is 1.68. The Bertz CT molecular complexity index is 952. The van der Waals surface area contributed by atoms with Crippen LogP contribution in [0.5, 0.6) is 5.75 Å². The highest BCUT2D eigenvalue weighted by Gasteiger charge is 2.14. The van der Waals surface area contributed by atoms with Gasteiger partial charge in [0.1, 0.15) is 12.4 Å². The molecule has 0 bridgehead atoms. The largest absolute Gasteiger partial charge is 0.487 e. The molecule has 0 atom stereocenters. The predicted octanol–water partition coefficient (Wildman–Crippen LogP) is 4.23. The van der Waals surface area contributed by atoms with E-state index in [1.54, 1.807) is 22.8 Å². The molecule has 1 aromatic heterocycles. The normalized spacial score (nSPS) is 10.7. The molecule has 2 aromatic carbocycles. The molecule has 0 unspecified atom stereocenters. The monoisotopic (exact) mass is 383 g/mol. The molecule has 3 aromatic rings. The summed E-state index contributed by atoms with van der Waals surface area (Å²) in [4.78, 5) is 14.4. The van der Waals surface area contributed by atoms with Gasteiger partial charge in [-0.05, 0) is 48.4 Å². The minimum Gasteiger partial charge on any atom is -0.487 e. The highest BCUT2D eigenvalue weighted by Crippen LogP contribution is 2.26. The molecule has 0 radical (unpaired) electrons. The van der Waals surface area contributed by atoms with Gasteiger partial charge in [-0.25, -0.2) is 0 Å². The van der Waals surface area contributed by atoms with E-state index in [1.807, 2.05) is 62.5 Å². The van der Waals surface area contributed by atoms with Crippen LogP contribution in [-0.4, -0.2) is 27.6 Å². The van der Waals surface area contributed by atoms with Crippen molar-refractivity contribution in [2.45, 2.75) is 20.1 Å². The number of aromatic nitrogens is 2. The molecule has 5 nitrogen and oxygen atoms in total. The van der Waals surface area contributed by atoms with Gasteiger partial charge in [-0.15, -0.1) is 0 Å². The molecule has 1 amide bonds. The highest BCUT2D eigenvalue weighted by molar-refractivity contribution is 6.32.